The molecule has 0 aromatic heterocycles. The number of carbonyl (C=O) groups excluding carboxylic acids is 1. The molecule has 0 heterocycles. The molecule has 0 bridgehead atoms. The van der Waals surface area contributed by atoms with Crippen LogP contribution in [0.5, 0.6) is 0 Å². The Bertz CT molecular complexity index is 418. The zero-order valence-corrected chi connectivity index (χ0v) is 11.8. The summed E-state index contributed by atoms with van der Waals surface area (Å²) in [5.74, 6) is 0.223. The summed E-state index contributed by atoms with van der Waals surface area (Å²) in [5, 5.41) is 12.6. The first-order valence-electron chi connectivity index (χ1n) is 6.12. The smallest absolute Gasteiger partial charge is 0.251 e. The highest BCUT2D eigenvalue weighted by molar-refractivity contribution is 6.31. The maximum atomic E-state index is 12.0. The first-order chi connectivity index (χ1) is 8.43. The van der Waals surface area contributed by atoms with Gasteiger partial charge in [-0.3, -0.25) is 4.79 Å². The predicted octanol–water partition coefficient (Wildman–Crippen LogP) is 2.79. The van der Waals surface area contributed by atoms with E-state index in [4.69, 9.17) is 11.6 Å². The van der Waals surface area contributed by atoms with E-state index in [1.54, 1.807) is 12.1 Å². The molecule has 0 saturated carbocycles. The van der Waals surface area contributed by atoms with Crippen LogP contribution in [0.4, 0.5) is 0 Å². The van der Waals surface area contributed by atoms with Crippen LogP contribution in [0.25, 0.3) is 0 Å². The Kier molecular flexibility index (Phi) is 5.63. The molecule has 1 atom stereocenters. The van der Waals surface area contributed by atoms with Gasteiger partial charge in [0.2, 0.25) is 0 Å². The van der Waals surface area contributed by atoms with Crippen molar-refractivity contribution in [1.29, 1.82) is 0 Å². The second kappa shape index (κ2) is 6.76. The molecule has 1 unspecified atom stereocenters. The Balaban J connectivity index is 2.71. The largest absolute Gasteiger partial charge is 0.394 e. The van der Waals surface area contributed by atoms with Crippen molar-refractivity contribution in [2.24, 2.45) is 5.92 Å². The van der Waals surface area contributed by atoms with Gasteiger partial charge in [-0.15, -0.1) is 0 Å². The summed E-state index contributed by atoms with van der Waals surface area (Å²) >= 11 is 5.98. The van der Waals surface area contributed by atoms with E-state index in [0.717, 1.165) is 12.0 Å². The van der Waals surface area contributed by atoms with Crippen molar-refractivity contribution in [3.63, 3.8) is 0 Å². The van der Waals surface area contributed by atoms with Crippen molar-refractivity contribution >= 4 is 17.5 Å². The number of aliphatic hydroxyl groups is 1. The van der Waals surface area contributed by atoms with Crippen LogP contribution in [0, 0.1) is 12.8 Å². The van der Waals surface area contributed by atoms with Gasteiger partial charge in [-0.1, -0.05) is 31.5 Å². The molecule has 1 rings (SSSR count). The molecule has 18 heavy (non-hydrogen) atoms. The van der Waals surface area contributed by atoms with E-state index in [0.29, 0.717) is 16.5 Å². The molecule has 100 valence electrons. The zero-order valence-electron chi connectivity index (χ0n) is 11.0. The summed E-state index contributed by atoms with van der Waals surface area (Å²) in [5.41, 5.74) is 1.46. The van der Waals surface area contributed by atoms with Crippen molar-refractivity contribution in [2.45, 2.75) is 33.2 Å². The zero-order chi connectivity index (χ0) is 13.7. The van der Waals surface area contributed by atoms with Crippen LogP contribution < -0.4 is 5.32 Å². The summed E-state index contributed by atoms with van der Waals surface area (Å²) in [7, 11) is 0. The second-order valence-corrected chi connectivity index (χ2v) is 5.35. The quantitative estimate of drug-likeness (QED) is 0.864. The van der Waals surface area contributed by atoms with Gasteiger partial charge >= 0.3 is 0 Å². The Morgan fingerprint density at radius 1 is 1.44 bits per heavy atom. The summed E-state index contributed by atoms with van der Waals surface area (Å²) in [6.45, 7) is 5.94. The van der Waals surface area contributed by atoms with Gasteiger partial charge in [-0.25, -0.2) is 0 Å². The lowest BCUT2D eigenvalue weighted by Crippen LogP contribution is -2.38. The molecule has 0 radical (unpaired) electrons. The monoisotopic (exact) mass is 269 g/mol. The van der Waals surface area contributed by atoms with E-state index >= 15 is 0 Å². The number of aryl methyl sites for hydroxylation is 1. The first-order valence-corrected chi connectivity index (χ1v) is 6.49. The van der Waals surface area contributed by atoms with E-state index in [9.17, 15) is 9.90 Å². The molecule has 0 aliphatic rings. The maximum Gasteiger partial charge on any atom is 0.251 e. The van der Waals surface area contributed by atoms with E-state index in [2.05, 4.69) is 19.2 Å². The lowest BCUT2D eigenvalue weighted by atomic mass is 10.0. The van der Waals surface area contributed by atoms with Crippen molar-refractivity contribution in [2.75, 3.05) is 6.61 Å². The molecule has 0 aliphatic carbocycles. The van der Waals surface area contributed by atoms with Gasteiger partial charge in [0, 0.05) is 10.6 Å². The van der Waals surface area contributed by atoms with Gasteiger partial charge in [0.15, 0.2) is 0 Å². The van der Waals surface area contributed by atoms with Gasteiger partial charge < -0.3 is 10.4 Å². The number of hydrogen-bond donors (Lipinski definition) is 2. The highest BCUT2D eigenvalue weighted by Gasteiger charge is 2.14. The number of nitrogens with one attached hydrogen (secondary N) is 1. The van der Waals surface area contributed by atoms with Gasteiger partial charge in [-0.2, -0.15) is 0 Å². The fourth-order valence-electron chi connectivity index (χ4n) is 1.75. The van der Waals surface area contributed by atoms with Crippen LogP contribution in [0.2, 0.25) is 5.02 Å². The van der Waals surface area contributed by atoms with Crippen molar-refractivity contribution in [3.05, 3.63) is 34.3 Å². The number of hydrogen-bond acceptors (Lipinski definition) is 2. The summed E-state index contributed by atoms with van der Waals surface area (Å²) < 4.78 is 0. The minimum Gasteiger partial charge on any atom is -0.394 e. The molecular formula is C14H20ClNO2. The lowest BCUT2D eigenvalue weighted by molar-refractivity contribution is 0.0908. The lowest BCUT2D eigenvalue weighted by Gasteiger charge is -2.18. The van der Waals surface area contributed by atoms with E-state index < -0.39 is 0 Å². The number of amides is 1. The summed E-state index contributed by atoms with van der Waals surface area (Å²) in [4.78, 5) is 12.0. The number of benzene rings is 1. The Morgan fingerprint density at radius 3 is 2.61 bits per heavy atom. The van der Waals surface area contributed by atoms with Crippen molar-refractivity contribution in [3.8, 4) is 0 Å². The summed E-state index contributed by atoms with van der Waals surface area (Å²) in [6.07, 6.45) is 0.752. The molecule has 0 fully saturated rings. The molecule has 1 amide bonds. The Labute approximate surface area is 113 Å². The standard InChI is InChI=1S/C14H20ClNO2/c1-9(2)6-12(8-17)16-14(18)11-5-4-10(3)13(15)7-11/h4-5,7,9,12,17H,6,8H2,1-3H3,(H,16,18). The van der Waals surface area contributed by atoms with Crippen LogP contribution in [0.15, 0.2) is 18.2 Å². The van der Waals surface area contributed by atoms with Gasteiger partial charge in [-0.05, 0) is 37.0 Å². The average molecular weight is 270 g/mol. The molecule has 0 aliphatic heterocycles. The number of carbonyl (C=O) groups is 1. The van der Waals surface area contributed by atoms with E-state index in [1.807, 2.05) is 13.0 Å². The first kappa shape index (κ1) is 15.0. The molecule has 1 aromatic carbocycles. The van der Waals surface area contributed by atoms with Crippen LogP contribution in [-0.2, 0) is 0 Å². The number of rotatable bonds is 5. The van der Waals surface area contributed by atoms with Crippen LogP contribution in [0.3, 0.4) is 0 Å². The molecule has 4 heteroatoms. The van der Waals surface area contributed by atoms with Crippen LogP contribution >= 0.6 is 11.6 Å². The minimum atomic E-state index is -0.211. The second-order valence-electron chi connectivity index (χ2n) is 4.95. The van der Waals surface area contributed by atoms with Gasteiger partial charge in [0.1, 0.15) is 0 Å². The third-order valence-electron chi connectivity index (χ3n) is 2.75. The fourth-order valence-corrected chi connectivity index (χ4v) is 1.93. The fraction of sp³-hybridized carbons (Fsp3) is 0.500. The molecular weight excluding hydrogens is 250 g/mol. The Morgan fingerprint density at radius 2 is 2.11 bits per heavy atom. The average Bonchev–Trinajstić information content (AvgIpc) is 2.31. The van der Waals surface area contributed by atoms with Gasteiger partial charge in [0.05, 0.1) is 12.6 Å². The Hall–Kier alpha value is -1.06. The maximum absolute atomic E-state index is 12.0. The SMILES string of the molecule is Cc1ccc(C(=O)NC(CO)CC(C)C)cc1Cl. The van der Waals surface area contributed by atoms with Gasteiger partial charge in [0.25, 0.3) is 5.91 Å². The van der Waals surface area contributed by atoms with E-state index in [-0.39, 0.29) is 18.6 Å². The van der Waals surface area contributed by atoms with Crippen LogP contribution in [-0.4, -0.2) is 23.7 Å². The normalized spacial score (nSPS) is 12.6. The predicted molar refractivity (Wildman–Crippen MR) is 74.0 cm³/mol. The van der Waals surface area contributed by atoms with Crippen molar-refractivity contribution < 1.29 is 9.90 Å². The number of halogens is 1. The van der Waals surface area contributed by atoms with Crippen molar-refractivity contribution in [1.82, 2.24) is 5.32 Å². The highest BCUT2D eigenvalue weighted by atomic mass is 35.5. The topological polar surface area (TPSA) is 49.3 Å². The number of aliphatic hydroxyl groups excluding tert-OH is 1. The highest BCUT2D eigenvalue weighted by Crippen LogP contribution is 2.17. The van der Waals surface area contributed by atoms with Crippen LogP contribution in [0.1, 0.15) is 36.2 Å². The minimum absolute atomic E-state index is 0.0521. The molecule has 2 N–H and O–H groups in total. The third kappa shape index (κ3) is 4.31. The molecule has 3 nitrogen and oxygen atoms in total. The summed E-state index contributed by atoms with van der Waals surface area (Å²) in [6, 6.07) is 4.99. The van der Waals surface area contributed by atoms with E-state index in [1.165, 1.54) is 0 Å². The molecule has 0 saturated heterocycles. The third-order valence-corrected chi connectivity index (χ3v) is 3.15. The molecule has 1 aromatic rings. The molecule has 0 spiro atoms.